The first kappa shape index (κ1) is 14.5. The number of hydrogen-bond donors (Lipinski definition) is 2. The van der Waals surface area contributed by atoms with Gasteiger partial charge < -0.3 is 20.2 Å². The summed E-state index contributed by atoms with van der Waals surface area (Å²) < 4.78 is 12.9. The summed E-state index contributed by atoms with van der Waals surface area (Å²) in [6.45, 7) is 1.56. The van der Waals surface area contributed by atoms with Crippen LogP contribution in [0.5, 0.6) is 11.6 Å². The van der Waals surface area contributed by atoms with Crippen molar-refractivity contribution in [3.05, 3.63) is 42.2 Å². The van der Waals surface area contributed by atoms with Crippen molar-refractivity contribution >= 4 is 10.9 Å². The molecule has 0 aliphatic carbocycles. The summed E-state index contributed by atoms with van der Waals surface area (Å²) in [6, 6.07) is 7.83. The van der Waals surface area contributed by atoms with E-state index in [4.69, 9.17) is 15.2 Å². The van der Waals surface area contributed by atoms with Crippen LogP contribution in [-0.4, -0.2) is 34.5 Å². The van der Waals surface area contributed by atoms with E-state index in [0.717, 1.165) is 23.1 Å². The van der Waals surface area contributed by atoms with Crippen LogP contribution in [0.25, 0.3) is 10.9 Å². The third-order valence-electron chi connectivity index (χ3n) is 3.44. The first-order valence-corrected chi connectivity index (χ1v) is 7.31. The molecule has 6 heteroatoms. The lowest BCUT2D eigenvalue weighted by molar-refractivity contribution is 0.211. The Morgan fingerprint density at radius 2 is 2.09 bits per heavy atom. The number of fused-ring (bicyclic) bond motifs is 1. The van der Waals surface area contributed by atoms with Crippen molar-refractivity contribution in [1.82, 2.24) is 14.8 Å². The molecule has 0 aliphatic heterocycles. The molecule has 6 nitrogen and oxygen atoms in total. The van der Waals surface area contributed by atoms with Crippen LogP contribution >= 0.6 is 0 Å². The smallest absolute Gasteiger partial charge is 0.232 e. The maximum absolute atomic E-state index is 5.74. The fourth-order valence-corrected chi connectivity index (χ4v) is 2.39. The molecule has 0 unspecified atom stereocenters. The van der Waals surface area contributed by atoms with Gasteiger partial charge in [-0.15, -0.1) is 5.10 Å². The normalized spacial score (nSPS) is 11.0. The maximum atomic E-state index is 5.74. The summed E-state index contributed by atoms with van der Waals surface area (Å²) in [4.78, 5) is 3.24. The number of rotatable bonds is 7. The van der Waals surface area contributed by atoms with Crippen LogP contribution in [0.4, 0.5) is 0 Å². The molecule has 0 bridgehead atoms. The minimum atomic E-state index is 0.456. The topological polar surface area (TPSA) is 78.1 Å². The summed E-state index contributed by atoms with van der Waals surface area (Å²) in [5.74, 6) is 1.44. The molecule has 0 saturated carbocycles. The Labute approximate surface area is 128 Å². The number of aromatic nitrogens is 3. The number of ether oxygens (including phenoxy) is 2. The van der Waals surface area contributed by atoms with Gasteiger partial charge in [0, 0.05) is 36.4 Å². The number of nitrogens with one attached hydrogen (secondary N) is 1. The van der Waals surface area contributed by atoms with Gasteiger partial charge in [-0.25, -0.2) is 0 Å². The highest BCUT2D eigenvalue weighted by Gasteiger charge is 2.05. The Kier molecular flexibility index (Phi) is 4.29. The summed E-state index contributed by atoms with van der Waals surface area (Å²) in [7, 11) is 1.86. The first-order valence-electron chi connectivity index (χ1n) is 7.31. The van der Waals surface area contributed by atoms with E-state index in [-0.39, 0.29) is 0 Å². The van der Waals surface area contributed by atoms with E-state index in [2.05, 4.69) is 10.1 Å². The molecule has 0 aliphatic rings. The van der Waals surface area contributed by atoms with Gasteiger partial charge in [-0.2, -0.15) is 0 Å². The van der Waals surface area contributed by atoms with Crippen LogP contribution in [0.1, 0.15) is 5.56 Å². The Hall–Kier alpha value is -2.47. The second-order valence-corrected chi connectivity index (χ2v) is 5.08. The zero-order chi connectivity index (χ0) is 15.4. The molecule has 0 fully saturated rings. The number of nitrogens with zero attached hydrogens (tertiary/aromatic N) is 2. The van der Waals surface area contributed by atoms with E-state index < -0.39 is 0 Å². The largest absolute Gasteiger partial charge is 0.490 e. The molecular formula is C16H20N4O2. The molecule has 0 spiro atoms. The molecule has 22 heavy (non-hydrogen) atoms. The second kappa shape index (κ2) is 6.53. The van der Waals surface area contributed by atoms with E-state index in [1.165, 1.54) is 5.56 Å². The highest BCUT2D eigenvalue weighted by Crippen LogP contribution is 2.24. The fourth-order valence-electron chi connectivity index (χ4n) is 2.39. The lowest BCUT2D eigenvalue weighted by Gasteiger charge is -2.07. The van der Waals surface area contributed by atoms with Gasteiger partial charge in [0.25, 0.3) is 0 Å². The number of nitrogens with two attached hydrogens (primary N) is 1. The molecule has 116 valence electrons. The van der Waals surface area contributed by atoms with Crippen molar-refractivity contribution in [3.8, 4) is 11.6 Å². The number of hydrogen-bond acceptors (Lipinski definition) is 4. The highest BCUT2D eigenvalue weighted by molar-refractivity contribution is 5.84. The van der Waals surface area contributed by atoms with Crippen molar-refractivity contribution in [2.45, 2.75) is 6.42 Å². The molecule has 0 atom stereocenters. The monoisotopic (exact) mass is 300 g/mol. The third-order valence-corrected chi connectivity index (χ3v) is 3.44. The number of H-pyrrole nitrogens is 1. The molecule has 0 amide bonds. The maximum Gasteiger partial charge on any atom is 0.232 e. The van der Waals surface area contributed by atoms with Crippen LogP contribution in [0.2, 0.25) is 0 Å². The second-order valence-electron chi connectivity index (χ2n) is 5.08. The number of aromatic amines is 1. The van der Waals surface area contributed by atoms with Crippen LogP contribution in [0.3, 0.4) is 0 Å². The average molecular weight is 300 g/mol. The predicted octanol–water partition coefficient (Wildman–Crippen LogP) is 1.86. The molecular weight excluding hydrogens is 280 g/mol. The van der Waals surface area contributed by atoms with Gasteiger partial charge in [0.2, 0.25) is 5.88 Å². The molecule has 0 radical (unpaired) electrons. The Balaban J connectivity index is 1.57. The van der Waals surface area contributed by atoms with Gasteiger partial charge in [-0.3, -0.25) is 4.68 Å². The molecule has 3 aromatic rings. The SMILES string of the molecule is Cn1ccc(OCCOc2ccc3[nH]cc(CCN)c3c2)n1. The summed E-state index contributed by atoms with van der Waals surface area (Å²) >= 11 is 0. The zero-order valence-electron chi connectivity index (χ0n) is 12.6. The molecule has 2 heterocycles. The van der Waals surface area contributed by atoms with Crippen molar-refractivity contribution in [1.29, 1.82) is 0 Å². The van der Waals surface area contributed by atoms with Gasteiger partial charge in [-0.05, 0) is 36.7 Å². The fraction of sp³-hybridized carbons (Fsp3) is 0.312. The van der Waals surface area contributed by atoms with E-state index in [9.17, 15) is 0 Å². The Bertz CT molecular complexity index is 748. The van der Waals surface area contributed by atoms with E-state index in [1.807, 2.05) is 43.7 Å². The van der Waals surface area contributed by atoms with Crippen LogP contribution in [0.15, 0.2) is 36.7 Å². The number of benzene rings is 1. The van der Waals surface area contributed by atoms with Gasteiger partial charge in [-0.1, -0.05) is 0 Å². The Morgan fingerprint density at radius 1 is 1.23 bits per heavy atom. The van der Waals surface area contributed by atoms with E-state index in [0.29, 0.717) is 25.6 Å². The average Bonchev–Trinajstić information content (AvgIpc) is 3.11. The van der Waals surface area contributed by atoms with Gasteiger partial charge in [0.05, 0.1) is 0 Å². The van der Waals surface area contributed by atoms with Crippen molar-refractivity contribution in [3.63, 3.8) is 0 Å². The van der Waals surface area contributed by atoms with Crippen molar-refractivity contribution in [2.75, 3.05) is 19.8 Å². The standard InChI is InChI=1S/C16H20N4O2/c1-20-7-5-16(19-20)22-9-8-21-13-2-3-15-14(10-13)12(4-6-17)11-18-15/h2-3,5,7,10-11,18H,4,6,8-9,17H2,1H3. The van der Waals surface area contributed by atoms with Crippen molar-refractivity contribution < 1.29 is 9.47 Å². The summed E-state index contributed by atoms with van der Waals surface area (Å²) in [5, 5.41) is 5.30. The predicted molar refractivity (Wildman–Crippen MR) is 85.3 cm³/mol. The Morgan fingerprint density at radius 3 is 2.86 bits per heavy atom. The number of aryl methyl sites for hydroxylation is 1. The third kappa shape index (κ3) is 3.23. The molecule has 0 saturated heterocycles. The van der Waals surface area contributed by atoms with Crippen LogP contribution in [-0.2, 0) is 13.5 Å². The summed E-state index contributed by atoms with van der Waals surface area (Å²) in [6.07, 6.45) is 4.70. The molecule has 1 aromatic carbocycles. The van der Waals surface area contributed by atoms with Crippen LogP contribution < -0.4 is 15.2 Å². The minimum Gasteiger partial charge on any atom is -0.490 e. The van der Waals surface area contributed by atoms with Gasteiger partial charge in [0.15, 0.2) is 0 Å². The zero-order valence-corrected chi connectivity index (χ0v) is 12.6. The highest BCUT2D eigenvalue weighted by atomic mass is 16.5. The van der Waals surface area contributed by atoms with Gasteiger partial charge >= 0.3 is 0 Å². The lowest BCUT2D eigenvalue weighted by atomic mass is 10.1. The van der Waals surface area contributed by atoms with Gasteiger partial charge in [0.1, 0.15) is 19.0 Å². The van der Waals surface area contributed by atoms with E-state index >= 15 is 0 Å². The van der Waals surface area contributed by atoms with Crippen LogP contribution in [0, 0.1) is 0 Å². The quantitative estimate of drug-likeness (QED) is 0.653. The minimum absolute atomic E-state index is 0.456. The molecule has 2 aromatic heterocycles. The van der Waals surface area contributed by atoms with E-state index in [1.54, 1.807) is 4.68 Å². The summed E-state index contributed by atoms with van der Waals surface area (Å²) in [5.41, 5.74) is 7.95. The lowest BCUT2D eigenvalue weighted by Crippen LogP contribution is -2.09. The molecule has 3 N–H and O–H groups in total. The first-order chi connectivity index (χ1) is 10.8. The molecule has 3 rings (SSSR count). The van der Waals surface area contributed by atoms with Crippen molar-refractivity contribution in [2.24, 2.45) is 12.8 Å².